The fourth-order valence-corrected chi connectivity index (χ4v) is 10.5. The van der Waals surface area contributed by atoms with Crippen LogP contribution in [-0.2, 0) is 5.41 Å². The lowest BCUT2D eigenvalue weighted by Crippen LogP contribution is -2.14. The number of anilines is 3. The molecule has 0 aliphatic heterocycles. The zero-order valence-corrected chi connectivity index (χ0v) is 33.9. The number of thiophene rings is 1. The van der Waals surface area contributed by atoms with E-state index in [9.17, 15) is 0 Å². The molecule has 0 bridgehead atoms. The molecule has 0 amide bonds. The molecule has 0 spiro atoms. The third-order valence-electron chi connectivity index (χ3n) is 12.3. The van der Waals surface area contributed by atoms with Gasteiger partial charge in [0.05, 0.1) is 0 Å². The summed E-state index contributed by atoms with van der Waals surface area (Å²) < 4.78 is 2.64. The molecule has 2 heteroatoms. The van der Waals surface area contributed by atoms with Crippen molar-refractivity contribution in [2.45, 2.75) is 19.3 Å². The molecule has 59 heavy (non-hydrogen) atoms. The second-order valence-corrected chi connectivity index (χ2v) is 17.2. The summed E-state index contributed by atoms with van der Waals surface area (Å²) in [4.78, 5) is 2.35. The van der Waals surface area contributed by atoms with E-state index >= 15 is 0 Å². The summed E-state index contributed by atoms with van der Waals surface area (Å²) in [7, 11) is 0. The van der Waals surface area contributed by atoms with Gasteiger partial charge < -0.3 is 4.90 Å². The third-order valence-corrected chi connectivity index (χ3v) is 13.5. The van der Waals surface area contributed by atoms with E-state index in [0.29, 0.717) is 0 Å². The SMILES string of the molecule is CC1(C)c2ccccc2-c2ccc(-c3ccc4c(c3)sc3c(-c5ccc(N(c6ccc(-c7ccccc7)cc6)c6ccc(-c7ccccc7)cc6)cc5)cccc34)cc21. The zero-order valence-electron chi connectivity index (χ0n) is 33.1. The lowest BCUT2D eigenvalue weighted by molar-refractivity contribution is 0.660. The van der Waals surface area contributed by atoms with Crippen LogP contribution in [0.15, 0.2) is 212 Å². The molecule has 1 aliphatic rings. The first kappa shape index (κ1) is 35.2. The smallest absolute Gasteiger partial charge is 0.0462 e. The molecule has 10 aromatic rings. The van der Waals surface area contributed by atoms with Crippen molar-refractivity contribution in [1.29, 1.82) is 0 Å². The van der Waals surface area contributed by atoms with Crippen molar-refractivity contribution < 1.29 is 0 Å². The minimum Gasteiger partial charge on any atom is -0.311 e. The summed E-state index contributed by atoms with van der Waals surface area (Å²) in [6.07, 6.45) is 0. The lowest BCUT2D eigenvalue weighted by atomic mass is 9.81. The van der Waals surface area contributed by atoms with Crippen molar-refractivity contribution in [3.8, 4) is 55.6 Å². The number of hydrogen-bond donors (Lipinski definition) is 0. The summed E-state index contributed by atoms with van der Waals surface area (Å²) in [5.74, 6) is 0. The molecule has 11 rings (SSSR count). The van der Waals surface area contributed by atoms with Crippen molar-refractivity contribution in [2.75, 3.05) is 4.90 Å². The Morgan fingerprint density at radius 3 is 1.44 bits per heavy atom. The highest BCUT2D eigenvalue weighted by atomic mass is 32.1. The van der Waals surface area contributed by atoms with Gasteiger partial charge in [-0.25, -0.2) is 0 Å². The molecular weight excluding hydrogens is 731 g/mol. The highest BCUT2D eigenvalue weighted by Crippen LogP contribution is 2.50. The second-order valence-electron chi connectivity index (χ2n) is 16.1. The van der Waals surface area contributed by atoms with Gasteiger partial charge in [-0.1, -0.05) is 178 Å². The summed E-state index contributed by atoms with van der Waals surface area (Å²) >= 11 is 1.90. The van der Waals surface area contributed by atoms with E-state index in [2.05, 4.69) is 231 Å². The summed E-state index contributed by atoms with van der Waals surface area (Å²) in [6, 6.07) is 77.8. The Balaban J connectivity index is 0.944. The Labute approximate surface area is 350 Å². The van der Waals surface area contributed by atoms with Gasteiger partial charge in [-0.3, -0.25) is 0 Å². The molecule has 0 unspecified atom stereocenters. The van der Waals surface area contributed by atoms with Gasteiger partial charge in [-0.15, -0.1) is 11.3 Å². The lowest BCUT2D eigenvalue weighted by Gasteiger charge is -2.26. The van der Waals surface area contributed by atoms with Gasteiger partial charge in [-0.2, -0.15) is 0 Å². The highest BCUT2D eigenvalue weighted by Gasteiger charge is 2.35. The Hall–Kier alpha value is -7.00. The van der Waals surface area contributed by atoms with Crippen LogP contribution in [0.3, 0.4) is 0 Å². The highest BCUT2D eigenvalue weighted by molar-refractivity contribution is 7.26. The van der Waals surface area contributed by atoms with Crippen molar-refractivity contribution in [3.05, 3.63) is 223 Å². The Morgan fingerprint density at radius 2 is 0.814 bits per heavy atom. The first-order valence-corrected chi connectivity index (χ1v) is 21.2. The standard InChI is InChI=1S/C57H41NS/c1-57(2)53-19-10-9-16-49(53)50-34-26-43(36-54(50)57)44-27-35-51-52-18-11-17-48(56(52)59-55(51)37-44)42-24-32-47(33-25-42)58(45-28-20-40(21-29-45)38-12-5-3-6-13-38)46-30-22-41(23-31-46)39-14-7-4-8-15-39/h3-37H,1-2H3. The van der Waals surface area contributed by atoms with Crippen LogP contribution < -0.4 is 4.90 Å². The molecule has 1 aromatic heterocycles. The van der Waals surface area contributed by atoms with Crippen LogP contribution in [0.25, 0.3) is 75.8 Å². The zero-order chi connectivity index (χ0) is 39.5. The van der Waals surface area contributed by atoms with E-state index in [1.165, 1.54) is 86.9 Å². The molecule has 1 heterocycles. The first-order valence-electron chi connectivity index (χ1n) is 20.4. The predicted molar refractivity (Wildman–Crippen MR) is 253 cm³/mol. The molecule has 1 nitrogen and oxygen atoms in total. The van der Waals surface area contributed by atoms with Crippen molar-refractivity contribution >= 4 is 48.6 Å². The van der Waals surface area contributed by atoms with Gasteiger partial charge >= 0.3 is 0 Å². The van der Waals surface area contributed by atoms with Crippen molar-refractivity contribution in [2.24, 2.45) is 0 Å². The average molecular weight is 772 g/mol. The molecule has 1 aliphatic carbocycles. The van der Waals surface area contributed by atoms with E-state index < -0.39 is 0 Å². The van der Waals surface area contributed by atoms with Crippen molar-refractivity contribution in [3.63, 3.8) is 0 Å². The van der Waals surface area contributed by atoms with Crippen molar-refractivity contribution in [1.82, 2.24) is 0 Å². The maximum Gasteiger partial charge on any atom is 0.0462 e. The topological polar surface area (TPSA) is 3.24 Å². The number of rotatable bonds is 7. The molecule has 0 radical (unpaired) electrons. The maximum absolute atomic E-state index is 2.43. The van der Waals surface area contributed by atoms with Crippen LogP contribution >= 0.6 is 11.3 Å². The minimum absolute atomic E-state index is 0.0227. The largest absolute Gasteiger partial charge is 0.311 e. The van der Waals surface area contributed by atoms with Gasteiger partial charge in [0.25, 0.3) is 0 Å². The Morgan fingerprint density at radius 1 is 0.339 bits per heavy atom. The van der Waals surface area contributed by atoms with Gasteiger partial charge in [-0.05, 0) is 115 Å². The monoisotopic (exact) mass is 771 g/mol. The molecule has 0 saturated carbocycles. The van der Waals surface area contributed by atoms with Gasteiger partial charge in [0.2, 0.25) is 0 Å². The summed E-state index contributed by atoms with van der Waals surface area (Å²) in [5.41, 5.74) is 18.7. The molecule has 9 aromatic carbocycles. The molecule has 0 fully saturated rings. The van der Waals surface area contributed by atoms with Crippen LogP contribution in [0.1, 0.15) is 25.0 Å². The fraction of sp³-hybridized carbons (Fsp3) is 0.0526. The number of nitrogens with zero attached hydrogens (tertiary/aromatic N) is 1. The molecule has 0 saturated heterocycles. The van der Waals surface area contributed by atoms with E-state index in [0.717, 1.165) is 17.1 Å². The summed E-state index contributed by atoms with van der Waals surface area (Å²) in [6.45, 7) is 4.71. The number of hydrogen-bond acceptors (Lipinski definition) is 2. The Kier molecular flexibility index (Phi) is 8.43. The average Bonchev–Trinajstić information content (AvgIpc) is 3.79. The minimum atomic E-state index is -0.0227. The van der Waals surface area contributed by atoms with E-state index in [1.807, 2.05) is 11.3 Å². The van der Waals surface area contributed by atoms with Crippen LogP contribution in [0, 0.1) is 0 Å². The number of benzene rings is 9. The second kappa shape index (κ2) is 14.1. The quantitative estimate of drug-likeness (QED) is 0.156. The third kappa shape index (κ3) is 6.07. The fourth-order valence-electron chi connectivity index (χ4n) is 9.19. The van der Waals surface area contributed by atoms with Crippen LogP contribution in [0.5, 0.6) is 0 Å². The maximum atomic E-state index is 2.43. The van der Waals surface area contributed by atoms with Crippen LogP contribution in [0.4, 0.5) is 17.1 Å². The Bertz CT molecular complexity index is 3060. The van der Waals surface area contributed by atoms with Gasteiger partial charge in [0.15, 0.2) is 0 Å². The normalized spacial score (nSPS) is 12.7. The summed E-state index contributed by atoms with van der Waals surface area (Å²) in [5, 5.41) is 2.62. The predicted octanol–water partition coefficient (Wildman–Crippen LogP) is 16.5. The first-order chi connectivity index (χ1) is 29.0. The van der Waals surface area contributed by atoms with Crippen LogP contribution in [0.2, 0.25) is 0 Å². The van der Waals surface area contributed by atoms with E-state index in [1.54, 1.807) is 0 Å². The van der Waals surface area contributed by atoms with Crippen LogP contribution in [-0.4, -0.2) is 0 Å². The molecule has 280 valence electrons. The molecular formula is C57H41NS. The van der Waals surface area contributed by atoms with Gasteiger partial charge in [0, 0.05) is 42.6 Å². The molecule has 0 atom stereocenters. The van der Waals surface area contributed by atoms with Gasteiger partial charge in [0.1, 0.15) is 0 Å². The van der Waals surface area contributed by atoms with E-state index in [4.69, 9.17) is 0 Å². The van der Waals surface area contributed by atoms with E-state index in [-0.39, 0.29) is 5.41 Å². The number of fused-ring (bicyclic) bond motifs is 6. The molecule has 0 N–H and O–H groups in total.